The van der Waals surface area contributed by atoms with Crippen molar-refractivity contribution >= 4 is 39.6 Å². The summed E-state index contributed by atoms with van der Waals surface area (Å²) >= 11 is 3.40. The second-order valence-corrected chi connectivity index (χ2v) is 12.8. The molecule has 2 amide bonds. The molecule has 0 saturated carbocycles. The number of likely N-dealkylation sites (tertiary alicyclic amines) is 1. The van der Waals surface area contributed by atoms with Crippen LogP contribution in [0.1, 0.15) is 54.4 Å². The molecule has 1 aliphatic heterocycles. The predicted octanol–water partition coefficient (Wildman–Crippen LogP) is 6.90. The summed E-state index contributed by atoms with van der Waals surface area (Å²) in [7, 11) is 0. The van der Waals surface area contributed by atoms with Crippen molar-refractivity contribution in [2.75, 3.05) is 24.5 Å². The molecule has 4 rings (SSSR count). The van der Waals surface area contributed by atoms with Gasteiger partial charge in [0.15, 0.2) is 5.65 Å². The van der Waals surface area contributed by atoms with E-state index in [0.717, 1.165) is 4.90 Å². The number of fused-ring (bicyclic) bond motifs is 1. The molecular formula is C28H34BrF2N5O5. The van der Waals surface area contributed by atoms with Gasteiger partial charge in [-0.15, -0.1) is 0 Å². The summed E-state index contributed by atoms with van der Waals surface area (Å²) < 4.78 is 49.0. The quantitative estimate of drug-likeness (QED) is 0.300. The van der Waals surface area contributed by atoms with Crippen LogP contribution in [0.2, 0.25) is 0 Å². The van der Waals surface area contributed by atoms with Crippen molar-refractivity contribution in [3.63, 3.8) is 0 Å². The summed E-state index contributed by atoms with van der Waals surface area (Å²) in [5, 5.41) is 4.32. The van der Waals surface area contributed by atoms with E-state index in [1.807, 2.05) is 0 Å². The molecule has 0 spiro atoms. The molecule has 0 atom stereocenters. The SMILES string of the molecule is CC(C)(C)OC(=O)N1CCC(F)(CN(C(=O)OC(C)(C)C)c2cc(Oc3cccc(F)c3)nc3c(Br)cnn23)CC1. The van der Waals surface area contributed by atoms with Gasteiger partial charge in [-0.1, -0.05) is 6.07 Å². The first kappa shape index (κ1) is 30.5. The van der Waals surface area contributed by atoms with Crippen molar-refractivity contribution in [1.82, 2.24) is 19.5 Å². The monoisotopic (exact) mass is 637 g/mol. The molecule has 1 fully saturated rings. The Morgan fingerprint density at radius 2 is 1.73 bits per heavy atom. The smallest absolute Gasteiger partial charge is 0.416 e. The van der Waals surface area contributed by atoms with Gasteiger partial charge in [-0.2, -0.15) is 14.6 Å². The fourth-order valence-corrected chi connectivity index (χ4v) is 4.56. The second-order valence-electron chi connectivity index (χ2n) is 11.9. The zero-order chi connectivity index (χ0) is 30.2. The number of carbonyl (C=O) groups excluding carboxylic acids is 2. The van der Waals surface area contributed by atoms with Crippen LogP contribution in [0.3, 0.4) is 0 Å². The number of alkyl halides is 1. The third-order valence-electron chi connectivity index (χ3n) is 6.05. The van der Waals surface area contributed by atoms with Crippen molar-refractivity contribution in [1.29, 1.82) is 0 Å². The third-order valence-corrected chi connectivity index (χ3v) is 6.61. The second kappa shape index (κ2) is 11.4. The van der Waals surface area contributed by atoms with Crippen molar-refractivity contribution < 1.29 is 32.6 Å². The Hall–Kier alpha value is -3.48. The molecule has 1 aliphatic rings. The van der Waals surface area contributed by atoms with E-state index in [0.29, 0.717) is 4.47 Å². The van der Waals surface area contributed by atoms with Gasteiger partial charge in [-0.25, -0.2) is 18.4 Å². The molecule has 0 bridgehead atoms. The lowest BCUT2D eigenvalue weighted by Crippen LogP contribution is -2.52. The fraction of sp³-hybridized carbons (Fsp3) is 0.500. The molecule has 13 heteroatoms. The van der Waals surface area contributed by atoms with Gasteiger partial charge in [-0.3, -0.25) is 4.90 Å². The first-order valence-electron chi connectivity index (χ1n) is 13.2. The van der Waals surface area contributed by atoms with Crippen molar-refractivity contribution in [3.8, 4) is 11.6 Å². The molecule has 0 aliphatic carbocycles. The first-order valence-corrected chi connectivity index (χ1v) is 14.0. The minimum absolute atomic E-state index is 0.0283. The zero-order valence-electron chi connectivity index (χ0n) is 23.9. The Labute approximate surface area is 245 Å². The maximum absolute atomic E-state index is 16.4. The number of hydrogen-bond donors (Lipinski definition) is 0. The lowest BCUT2D eigenvalue weighted by atomic mass is 9.93. The van der Waals surface area contributed by atoms with Gasteiger partial charge in [-0.05, 0) is 69.6 Å². The van der Waals surface area contributed by atoms with Gasteiger partial charge in [0.2, 0.25) is 5.88 Å². The largest absolute Gasteiger partial charge is 0.444 e. The standard InChI is InChI=1S/C28H34BrF2N5O5/c1-26(2,3)40-24(37)34-12-10-28(31,11-13-34)17-35(25(38)41-27(4,5)6)22-15-21(33-23-20(29)16-32-36(22)23)39-19-9-7-8-18(30)14-19/h7-9,14-16H,10-13,17H2,1-6H3. The van der Waals surface area contributed by atoms with E-state index in [1.165, 1.54) is 39.9 Å². The molecular weight excluding hydrogens is 604 g/mol. The molecule has 1 aromatic carbocycles. The van der Waals surface area contributed by atoms with Crippen molar-refractivity contribution in [2.45, 2.75) is 71.3 Å². The molecule has 10 nitrogen and oxygen atoms in total. The lowest BCUT2D eigenvalue weighted by molar-refractivity contribution is 0.00341. The summed E-state index contributed by atoms with van der Waals surface area (Å²) in [6, 6.07) is 6.93. The number of hydrogen-bond acceptors (Lipinski definition) is 7. The van der Waals surface area contributed by atoms with Crippen LogP contribution in [-0.4, -0.2) is 68.2 Å². The van der Waals surface area contributed by atoms with Crippen LogP contribution < -0.4 is 9.64 Å². The van der Waals surface area contributed by atoms with E-state index in [-0.39, 0.29) is 55.6 Å². The van der Waals surface area contributed by atoms with Crippen LogP contribution in [0.15, 0.2) is 41.0 Å². The van der Waals surface area contributed by atoms with Crippen LogP contribution >= 0.6 is 15.9 Å². The number of ether oxygens (including phenoxy) is 3. The normalized spacial score (nSPS) is 15.5. The van der Waals surface area contributed by atoms with E-state index in [1.54, 1.807) is 47.6 Å². The number of piperidine rings is 1. The summed E-state index contributed by atoms with van der Waals surface area (Å²) in [4.78, 5) is 33.1. The van der Waals surface area contributed by atoms with Gasteiger partial charge in [0.25, 0.3) is 0 Å². The van der Waals surface area contributed by atoms with E-state index < -0.39 is 34.9 Å². The molecule has 0 N–H and O–H groups in total. The van der Waals surface area contributed by atoms with E-state index in [4.69, 9.17) is 14.2 Å². The van der Waals surface area contributed by atoms with Gasteiger partial charge in [0.1, 0.15) is 34.3 Å². The highest BCUT2D eigenvalue weighted by Crippen LogP contribution is 2.34. The fourth-order valence-electron chi connectivity index (χ4n) is 4.21. The van der Waals surface area contributed by atoms with Crippen LogP contribution in [-0.2, 0) is 9.47 Å². The molecule has 3 heterocycles. The summed E-state index contributed by atoms with van der Waals surface area (Å²) in [6.07, 6.45) is 0.0971. The lowest BCUT2D eigenvalue weighted by Gasteiger charge is -2.39. The molecule has 41 heavy (non-hydrogen) atoms. The van der Waals surface area contributed by atoms with Gasteiger partial charge < -0.3 is 19.1 Å². The van der Waals surface area contributed by atoms with Crippen molar-refractivity contribution in [3.05, 3.63) is 46.8 Å². The van der Waals surface area contributed by atoms with E-state index in [2.05, 4.69) is 26.0 Å². The highest BCUT2D eigenvalue weighted by molar-refractivity contribution is 9.10. The average Bonchev–Trinajstić information content (AvgIpc) is 3.21. The van der Waals surface area contributed by atoms with E-state index in [9.17, 15) is 14.0 Å². The maximum Gasteiger partial charge on any atom is 0.416 e. The van der Waals surface area contributed by atoms with Crippen LogP contribution in [0.25, 0.3) is 5.65 Å². The molecule has 0 unspecified atom stereocenters. The number of halogens is 3. The number of rotatable bonds is 5. The minimum atomic E-state index is -1.86. The minimum Gasteiger partial charge on any atom is -0.444 e. The number of nitrogens with zero attached hydrogens (tertiary/aromatic N) is 5. The molecule has 0 radical (unpaired) electrons. The predicted molar refractivity (Wildman–Crippen MR) is 152 cm³/mol. The maximum atomic E-state index is 16.4. The zero-order valence-corrected chi connectivity index (χ0v) is 25.5. The summed E-state index contributed by atoms with van der Waals surface area (Å²) in [6.45, 7) is 10.3. The Morgan fingerprint density at radius 1 is 1.07 bits per heavy atom. The average molecular weight is 639 g/mol. The van der Waals surface area contributed by atoms with E-state index >= 15 is 4.39 Å². The molecule has 1 saturated heterocycles. The molecule has 222 valence electrons. The summed E-state index contributed by atoms with van der Waals surface area (Å²) in [5.74, 6) is -0.154. The Morgan fingerprint density at radius 3 is 2.34 bits per heavy atom. The van der Waals surface area contributed by atoms with Gasteiger partial charge in [0, 0.05) is 38.1 Å². The number of anilines is 1. The van der Waals surface area contributed by atoms with Crippen LogP contribution in [0.5, 0.6) is 11.6 Å². The van der Waals surface area contributed by atoms with Gasteiger partial charge >= 0.3 is 12.2 Å². The van der Waals surface area contributed by atoms with Crippen LogP contribution in [0.4, 0.5) is 24.2 Å². The topological polar surface area (TPSA) is 98.5 Å². The number of aromatic nitrogens is 3. The third kappa shape index (κ3) is 7.84. The first-order chi connectivity index (χ1) is 19.0. The number of carbonyl (C=O) groups is 2. The van der Waals surface area contributed by atoms with Gasteiger partial charge in [0.05, 0.1) is 17.2 Å². The number of amides is 2. The van der Waals surface area contributed by atoms with Crippen LogP contribution in [0, 0.1) is 5.82 Å². The Bertz CT molecular complexity index is 1430. The molecule has 2 aromatic heterocycles. The Balaban J connectivity index is 1.68. The molecule has 3 aromatic rings. The highest BCUT2D eigenvalue weighted by Gasteiger charge is 2.41. The summed E-state index contributed by atoms with van der Waals surface area (Å²) in [5.41, 5.74) is -3.13. The Kier molecular flexibility index (Phi) is 8.49. The highest BCUT2D eigenvalue weighted by atomic mass is 79.9. The van der Waals surface area contributed by atoms with Crippen molar-refractivity contribution in [2.24, 2.45) is 0 Å². The number of benzene rings is 1.